The number of hydrogen-bond donors (Lipinski definition) is 1. The van der Waals surface area contributed by atoms with Gasteiger partial charge in [-0.1, -0.05) is 20.8 Å². The molecule has 5 nitrogen and oxygen atoms in total. The quantitative estimate of drug-likeness (QED) is 0.568. The smallest absolute Gasteiger partial charge is 0.319 e. The number of carbonyl (C=O) groups is 2. The predicted octanol–water partition coefficient (Wildman–Crippen LogP) is 0.890. The highest BCUT2D eigenvalue weighted by Gasteiger charge is 2.40. The van der Waals surface area contributed by atoms with Crippen LogP contribution in [0.5, 0.6) is 0 Å². The molecule has 0 aliphatic carbocycles. The number of likely N-dealkylation sites (N-methyl/N-ethyl adjacent to an activating group) is 2. The minimum absolute atomic E-state index is 0.184. The van der Waals surface area contributed by atoms with Gasteiger partial charge in [-0.3, -0.25) is 9.59 Å². The Morgan fingerprint density at radius 3 is 2.28 bits per heavy atom. The predicted molar refractivity (Wildman–Crippen MR) is 71.1 cm³/mol. The van der Waals surface area contributed by atoms with Crippen molar-refractivity contribution in [1.82, 2.24) is 10.2 Å². The number of hydrogen-bond acceptors (Lipinski definition) is 4. The molecule has 0 fully saturated rings. The summed E-state index contributed by atoms with van der Waals surface area (Å²) in [6.45, 7) is 8.92. The van der Waals surface area contributed by atoms with Crippen molar-refractivity contribution in [2.45, 2.75) is 27.7 Å². The first-order chi connectivity index (χ1) is 8.25. The number of amides is 1. The van der Waals surface area contributed by atoms with Crippen LogP contribution in [0.1, 0.15) is 27.7 Å². The molecular weight excluding hydrogens is 232 g/mol. The molecule has 0 rings (SSSR count). The molecule has 0 saturated heterocycles. The molecule has 5 heteroatoms. The summed E-state index contributed by atoms with van der Waals surface area (Å²) in [5, 5.41) is 2.98. The Morgan fingerprint density at radius 1 is 1.33 bits per heavy atom. The molecule has 0 radical (unpaired) electrons. The number of rotatable bonds is 6. The van der Waals surface area contributed by atoms with Crippen LogP contribution in [0.15, 0.2) is 0 Å². The molecular formula is C13H26N2O3. The molecule has 1 N–H and O–H groups in total. The summed E-state index contributed by atoms with van der Waals surface area (Å²) >= 11 is 0. The van der Waals surface area contributed by atoms with Gasteiger partial charge in [0.25, 0.3) is 0 Å². The lowest BCUT2D eigenvalue weighted by Gasteiger charge is -2.31. The van der Waals surface area contributed by atoms with E-state index in [9.17, 15) is 9.59 Å². The lowest BCUT2D eigenvalue weighted by molar-refractivity contribution is -0.160. The van der Waals surface area contributed by atoms with E-state index in [4.69, 9.17) is 4.74 Å². The lowest BCUT2D eigenvalue weighted by Crippen LogP contribution is -2.45. The summed E-state index contributed by atoms with van der Waals surface area (Å²) in [5.41, 5.74) is -0.447. The van der Waals surface area contributed by atoms with Crippen LogP contribution >= 0.6 is 0 Å². The number of esters is 1. The second-order valence-corrected chi connectivity index (χ2v) is 5.41. The molecule has 0 aromatic rings. The zero-order chi connectivity index (χ0) is 14.3. The van der Waals surface area contributed by atoms with E-state index in [1.807, 2.05) is 27.8 Å². The summed E-state index contributed by atoms with van der Waals surface area (Å²) in [5.74, 6) is -1.37. The van der Waals surface area contributed by atoms with Gasteiger partial charge in [0, 0.05) is 20.1 Å². The average Bonchev–Trinajstić information content (AvgIpc) is 2.24. The maximum Gasteiger partial charge on any atom is 0.319 e. The lowest BCUT2D eigenvalue weighted by atomic mass is 9.80. The van der Waals surface area contributed by atoms with E-state index < -0.39 is 17.3 Å². The highest BCUT2D eigenvalue weighted by atomic mass is 16.5. The Balaban J connectivity index is 4.86. The van der Waals surface area contributed by atoms with Crippen LogP contribution in [0.4, 0.5) is 0 Å². The van der Waals surface area contributed by atoms with Gasteiger partial charge in [-0.25, -0.2) is 0 Å². The third-order valence-corrected chi connectivity index (χ3v) is 2.71. The first kappa shape index (κ1) is 16.9. The van der Waals surface area contributed by atoms with Crippen molar-refractivity contribution in [2.75, 3.05) is 33.8 Å². The number of nitrogens with zero attached hydrogens (tertiary/aromatic N) is 1. The first-order valence-corrected chi connectivity index (χ1v) is 6.31. The van der Waals surface area contributed by atoms with Crippen LogP contribution in [0.3, 0.4) is 0 Å². The third-order valence-electron chi connectivity index (χ3n) is 2.71. The number of carbonyl (C=O) groups excluding carboxylic acids is 2. The van der Waals surface area contributed by atoms with Crippen LogP contribution in [0.25, 0.3) is 0 Å². The van der Waals surface area contributed by atoms with Gasteiger partial charge in [-0.05, 0) is 19.4 Å². The molecule has 0 aliphatic heterocycles. The van der Waals surface area contributed by atoms with Crippen LogP contribution in [-0.4, -0.2) is 50.6 Å². The second-order valence-electron chi connectivity index (χ2n) is 5.41. The average molecular weight is 258 g/mol. The summed E-state index contributed by atoms with van der Waals surface area (Å²) in [7, 11) is 3.53. The van der Waals surface area contributed by atoms with Crippen molar-refractivity contribution in [3.63, 3.8) is 0 Å². The zero-order valence-electron chi connectivity index (χ0n) is 12.4. The van der Waals surface area contributed by atoms with E-state index in [1.165, 1.54) is 0 Å². The topological polar surface area (TPSA) is 58.6 Å². The van der Waals surface area contributed by atoms with Gasteiger partial charge in [0.15, 0.2) is 0 Å². The summed E-state index contributed by atoms with van der Waals surface area (Å²) < 4.78 is 5.00. The molecule has 0 heterocycles. The van der Waals surface area contributed by atoms with Crippen molar-refractivity contribution in [2.24, 2.45) is 11.3 Å². The second kappa shape index (κ2) is 7.36. The van der Waals surface area contributed by atoms with E-state index >= 15 is 0 Å². The molecule has 0 aromatic carbocycles. The van der Waals surface area contributed by atoms with Crippen molar-refractivity contribution < 1.29 is 14.3 Å². The molecule has 1 atom stereocenters. The Kier molecular flexibility index (Phi) is 6.91. The Morgan fingerprint density at radius 2 is 1.89 bits per heavy atom. The van der Waals surface area contributed by atoms with E-state index in [0.717, 1.165) is 0 Å². The minimum Gasteiger partial charge on any atom is -0.465 e. The van der Waals surface area contributed by atoms with Gasteiger partial charge in [-0.2, -0.15) is 0 Å². The van der Waals surface area contributed by atoms with Gasteiger partial charge in [0.2, 0.25) is 5.91 Å². The SMILES string of the molecule is CCOC(=O)C(C(=O)N(C)CCNC)C(C)(C)C. The van der Waals surface area contributed by atoms with Gasteiger partial charge in [0.05, 0.1) is 6.61 Å². The Labute approximate surface area is 110 Å². The molecule has 0 saturated carbocycles. The maximum absolute atomic E-state index is 12.3. The van der Waals surface area contributed by atoms with Crippen molar-refractivity contribution in [1.29, 1.82) is 0 Å². The molecule has 0 aromatic heterocycles. The van der Waals surface area contributed by atoms with Gasteiger partial charge in [-0.15, -0.1) is 0 Å². The molecule has 0 bridgehead atoms. The Hall–Kier alpha value is -1.10. The first-order valence-electron chi connectivity index (χ1n) is 6.31. The van der Waals surface area contributed by atoms with E-state index in [1.54, 1.807) is 18.9 Å². The maximum atomic E-state index is 12.3. The van der Waals surface area contributed by atoms with E-state index in [0.29, 0.717) is 19.7 Å². The molecule has 1 amide bonds. The van der Waals surface area contributed by atoms with Crippen LogP contribution in [0.2, 0.25) is 0 Å². The normalized spacial score (nSPS) is 13.0. The monoisotopic (exact) mass is 258 g/mol. The fourth-order valence-electron chi connectivity index (χ4n) is 1.66. The van der Waals surface area contributed by atoms with Crippen LogP contribution < -0.4 is 5.32 Å². The van der Waals surface area contributed by atoms with E-state index in [-0.39, 0.29) is 5.91 Å². The van der Waals surface area contributed by atoms with Gasteiger partial charge >= 0.3 is 5.97 Å². The van der Waals surface area contributed by atoms with Crippen LogP contribution in [0, 0.1) is 11.3 Å². The summed E-state index contributed by atoms with van der Waals surface area (Å²) in [6.07, 6.45) is 0. The summed E-state index contributed by atoms with van der Waals surface area (Å²) in [4.78, 5) is 25.8. The van der Waals surface area contributed by atoms with Gasteiger partial charge in [0.1, 0.15) is 5.92 Å². The van der Waals surface area contributed by atoms with Gasteiger partial charge < -0.3 is 15.0 Å². The van der Waals surface area contributed by atoms with Crippen molar-refractivity contribution >= 4 is 11.9 Å². The standard InChI is InChI=1S/C13H26N2O3/c1-7-18-12(17)10(13(2,3)4)11(16)15(6)9-8-14-5/h10,14H,7-9H2,1-6H3. The van der Waals surface area contributed by atoms with Crippen molar-refractivity contribution in [3.8, 4) is 0 Å². The van der Waals surface area contributed by atoms with Crippen LogP contribution in [-0.2, 0) is 14.3 Å². The summed E-state index contributed by atoms with van der Waals surface area (Å²) in [6, 6.07) is 0. The molecule has 0 spiro atoms. The molecule has 106 valence electrons. The molecule has 0 aliphatic rings. The Bertz CT molecular complexity index is 284. The fourth-order valence-corrected chi connectivity index (χ4v) is 1.66. The van der Waals surface area contributed by atoms with E-state index in [2.05, 4.69) is 5.32 Å². The highest BCUT2D eigenvalue weighted by molar-refractivity contribution is 5.98. The third kappa shape index (κ3) is 5.04. The molecule has 1 unspecified atom stereocenters. The fraction of sp³-hybridized carbons (Fsp3) is 0.846. The van der Waals surface area contributed by atoms with Crippen molar-refractivity contribution in [3.05, 3.63) is 0 Å². The largest absolute Gasteiger partial charge is 0.465 e. The molecule has 18 heavy (non-hydrogen) atoms. The minimum atomic E-state index is -0.751. The highest BCUT2D eigenvalue weighted by Crippen LogP contribution is 2.28. The zero-order valence-corrected chi connectivity index (χ0v) is 12.4. The number of ether oxygens (including phenoxy) is 1. The number of nitrogens with one attached hydrogen (secondary N) is 1.